The van der Waals surface area contributed by atoms with Crippen molar-refractivity contribution >= 4 is 11.9 Å². The van der Waals surface area contributed by atoms with Crippen molar-refractivity contribution in [3.8, 4) is 5.75 Å². The lowest BCUT2D eigenvalue weighted by molar-refractivity contribution is -0.139. The Kier molecular flexibility index (Phi) is 5.33. The number of carboxylic acid groups (broad SMARTS) is 1. The number of ether oxygens (including phenoxy) is 1. The summed E-state index contributed by atoms with van der Waals surface area (Å²) in [4.78, 5) is 22.9. The second-order valence-electron chi connectivity index (χ2n) is 6.30. The molecular formula is C20H21NO4. The van der Waals surface area contributed by atoms with Gasteiger partial charge < -0.3 is 15.2 Å². The Morgan fingerprint density at radius 1 is 1.04 bits per heavy atom. The van der Waals surface area contributed by atoms with E-state index in [0.29, 0.717) is 17.2 Å². The number of hydrogen-bond acceptors (Lipinski definition) is 3. The molecule has 5 heteroatoms. The number of carboxylic acids is 1. The number of amides is 1. The Morgan fingerprint density at radius 2 is 1.76 bits per heavy atom. The van der Waals surface area contributed by atoms with Gasteiger partial charge >= 0.3 is 5.97 Å². The average molecular weight is 339 g/mol. The number of hydrogen-bond donors (Lipinski definition) is 2. The van der Waals surface area contributed by atoms with Crippen LogP contribution in [0.2, 0.25) is 0 Å². The predicted molar refractivity (Wildman–Crippen MR) is 93.9 cm³/mol. The van der Waals surface area contributed by atoms with Crippen molar-refractivity contribution in [3.05, 3.63) is 65.7 Å². The van der Waals surface area contributed by atoms with Crippen molar-refractivity contribution in [2.75, 3.05) is 6.61 Å². The highest BCUT2D eigenvalue weighted by Crippen LogP contribution is 2.34. The zero-order chi connectivity index (χ0) is 17.6. The molecule has 0 unspecified atom stereocenters. The van der Waals surface area contributed by atoms with Gasteiger partial charge in [-0.05, 0) is 55.0 Å². The minimum Gasteiger partial charge on any atom is -0.482 e. The molecule has 0 saturated heterocycles. The van der Waals surface area contributed by atoms with Crippen LogP contribution >= 0.6 is 0 Å². The Hall–Kier alpha value is -2.82. The number of benzene rings is 2. The highest BCUT2D eigenvalue weighted by atomic mass is 16.5. The summed E-state index contributed by atoms with van der Waals surface area (Å²) < 4.78 is 5.07. The van der Waals surface area contributed by atoms with Crippen LogP contribution in [0, 0.1) is 0 Å². The third-order valence-corrected chi connectivity index (χ3v) is 4.52. The molecule has 1 amide bonds. The second-order valence-corrected chi connectivity index (χ2v) is 6.30. The maximum atomic E-state index is 12.4. The molecule has 0 radical (unpaired) electrons. The maximum Gasteiger partial charge on any atom is 0.341 e. The molecule has 1 fully saturated rings. The molecule has 1 saturated carbocycles. The molecule has 0 aromatic heterocycles. The smallest absolute Gasteiger partial charge is 0.341 e. The first-order valence-electron chi connectivity index (χ1n) is 8.42. The second kappa shape index (κ2) is 7.83. The molecule has 130 valence electrons. The van der Waals surface area contributed by atoms with Gasteiger partial charge in [-0.1, -0.05) is 30.3 Å². The van der Waals surface area contributed by atoms with E-state index in [1.165, 1.54) is 5.56 Å². The standard InChI is InChI=1S/C20H21NO4/c22-19(23)13-25-18-10-7-15(8-11-18)20(24)21-17-9-6-16(12-17)14-4-2-1-3-5-14/h1-5,7-8,10-11,16-17H,6,9,12-13H2,(H,21,24)(H,22,23)/t16-,17+/m0/s1. The van der Waals surface area contributed by atoms with Crippen molar-refractivity contribution in [1.82, 2.24) is 5.32 Å². The zero-order valence-electron chi connectivity index (χ0n) is 13.9. The van der Waals surface area contributed by atoms with Gasteiger partial charge in [-0.25, -0.2) is 4.79 Å². The van der Waals surface area contributed by atoms with Gasteiger partial charge in [-0.3, -0.25) is 4.79 Å². The third-order valence-electron chi connectivity index (χ3n) is 4.52. The monoisotopic (exact) mass is 339 g/mol. The fourth-order valence-electron chi connectivity index (χ4n) is 3.26. The lowest BCUT2D eigenvalue weighted by Crippen LogP contribution is -2.32. The van der Waals surface area contributed by atoms with E-state index in [0.717, 1.165) is 19.3 Å². The van der Waals surface area contributed by atoms with E-state index < -0.39 is 12.6 Å². The lowest BCUT2D eigenvalue weighted by atomic mass is 9.98. The van der Waals surface area contributed by atoms with Crippen molar-refractivity contribution < 1.29 is 19.4 Å². The first kappa shape index (κ1) is 17.0. The molecule has 0 bridgehead atoms. The van der Waals surface area contributed by atoms with E-state index in [1.807, 2.05) is 6.07 Å². The SMILES string of the molecule is O=C(O)COc1ccc(C(=O)N[C@@H]2CC[C@H](c3ccccc3)C2)cc1. The van der Waals surface area contributed by atoms with Gasteiger partial charge in [0.05, 0.1) is 0 Å². The highest BCUT2D eigenvalue weighted by Gasteiger charge is 2.27. The summed E-state index contributed by atoms with van der Waals surface area (Å²) in [5, 5.41) is 11.7. The Balaban J connectivity index is 1.53. The zero-order valence-corrected chi connectivity index (χ0v) is 13.9. The Bertz CT molecular complexity index is 727. The van der Waals surface area contributed by atoms with Crippen molar-refractivity contribution in [1.29, 1.82) is 0 Å². The normalized spacial score (nSPS) is 19.4. The summed E-state index contributed by atoms with van der Waals surface area (Å²) in [6.07, 6.45) is 3.01. The molecule has 0 heterocycles. The van der Waals surface area contributed by atoms with Gasteiger partial charge in [0.1, 0.15) is 5.75 Å². The van der Waals surface area contributed by atoms with E-state index in [4.69, 9.17) is 9.84 Å². The van der Waals surface area contributed by atoms with E-state index in [2.05, 4.69) is 29.6 Å². The van der Waals surface area contributed by atoms with Gasteiger partial charge in [-0.15, -0.1) is 0 Å². The van der Waals surface area contributed by atoms with Gasteiger partial charge in [-0.2, -0.15) is 0 Å². The summed E-state index contributed by atoms with van der Waals surface area (Å²) in [5.41, 5.74) is 1.88. The van der Waals surface area contributed by atoms with Crippen LogP contribution in [-0.2, 0) is 4.79 Å². The molecule has 5 nitrogen and oxygen atoms in total. The van der Waals surface area contributed by atoms with E-state index >= 15 is 0 Å². The van der Waals surface area contributed by atoms with E-state index in [9.17, 15) is 9.59 Å². The molecule has 1 aliphatic rings. The fraction of sp³-hybridized carbons (Fsp3) is 0.300. The highest BCUT2D eigenvalue weighted by molar-refractivity contribution is 5.94. The largest absolute Gasteiger partial charge is 0.482 e. The lowest BCUT2D eigenvalue weighted by Gasteiger charge is -2.14. The summed E-state index contributed by atoms with van der Waals surface area (Å²) >= 11 is 0. The summed E-state index contributed by atoms with van der Waals surface area (Å²) in [6, 6.07) is 17.1. The molecule has 2 atom stereocenters. The molecule has 2 N–H and O–H groups in total. The van der Waals surface area contributed by atoms with E-state index in [-0.39, 0.29) is 11.9 Å². The van der Waals surface area contributed by atoms with Crippen LogP contribution < -0.4 is 10.1 Å². The maximum absolute atomic E-state index is 12.4. The number of carbonyl (C=O) groups is 2. The predicted octanol–water partition coefficient (Wildman–Crippen LogP) is 3.22. The summed E-state index contributed by atoms with van der Waals surface area (Å²) in [6.45, 7) is -0.394. The van der Waals surface area contributed by atoms with Crippen LogP contribution in [0.4, 0.5) is 0 Å². The van der Waals surface area contributed by atoms with Gasteiger partial charge in [0.15, 0.2) is 6.61 Å². The molecule has 25 heavy (non-hydrogen) atoms. The molecule has 3 rings (SSSR count). The average Bonchev–Trinajstić information content (AvgIpc) is 3.09. The van der Waals surface area contributed by atoms with Gasteiger partial charge in [0.25, 0.3) is 5.91 Å². The topological polar surface area (TPSA) is 75.6 Å². The fourth-order valence-corrected chi connectivity index (χ4v) is 3.26. The number of aliphatic carboxylic acids is 1. The van der Waals surface area contributed by atoms with Crippen LogP contribution in [0.3, 0.4) is 0 Å². The number of carbonyl (C=O) groups excluding carboxylic acids is 1. The summed E-state index contributed by atoms with van der Waals surface area (Å²) in [5.74, 6) is -0.207. The van der Waals surface area contributed by atoms with Gasteiger partial charge in [0.2, 0.25) is 0 Å². The Morgan fingerprint density at radius 3 is 2.44 bits per heavy atom. The first-order chi connectivity index (χ1) is 12.1. The van der Waals surface area contributed by atoms with Crippen LogP contribution in [0.1, 0.15) is 41.1 Å². The van der Waals surface area contributed by atoms with E-state index in [1.54, 1.807) is 24.3 Å². The first-order valence-corrected chi connectivity index (χ1v) is 8.42. The minimum absolute atomic E-state index is 0.108. The molecule has 2 aromatic carbocycles. The van der Waals surface area contributed by atoms with Crippen LogP contribution in [0.25, 0.3) is 0 Å². The van der Waals surface area contributed by atoms with Crippen molar-refractivity contribution in [3.63, 3.8) is 0 Å². The third kappa shape index (κ3) is 4.59. The van der Waals surface area contributed by atoms with Crippen molar-refractivity contribution in [2.45, 2.75) is 31.2 Å². The molecule has 1 aliphatic carbocycles. The molecular weight excluding hydrogens is 318 g/mol. The molecule has 0 aliphatic heterocycles. The molecule has 2 aromatic rings. The number of rotatable bonds is 6. The van der Waals surface area contributed by atoms with Gasteiger partial charge in [0, 0.05) is 11.6 Å². The quantitative estimate of drug-likeness (QED) is 0.847. The van der Waals surface area contributed by atoms with Crippen LogP contribution in [0.15, 0.2) is 54.6 Å². The molecule has 0 spiro atoms. The minimum atomic E-state index is -1.03. The number of nitrogens with one attached hydrogen (secondary N) is 1. The van der Waals surface area contributed by atoms with Crippen molar-refractivity contribution in [2.24, 2.45) is 0 Å². The Labute approximate surface area is 146 Å². The van der Waals surface area contributed by atoms with Crippen LogP contribution in [0.5, 0.6) is 5.75 Å². The summed E-state index contributed by atoms with van der Waals surface area (Å²) in [7, 11) is 0. The van der Waals surface area contributed by atoms with Crippen LogP contribution in [-0.4, -0.2) is 29.6 Å².